The van der Waals surface area contributed by atoms with Gasteiger partial charge in [-0.2, -0.15) is 0 Å². The van der Waals surface area contributed by atoms with Crippen LogP contribution in [0.25, 0.3) is 0 Å². The topological polar surface area (TPSA) is 75.3 Å². The second-order valence-electron chi connectivity index (χ2n) is 6.65. The van der Waals surface area contributed by atoms with Crippen LogP contribution in [0.2, 0.25) is 0 Å². The first-order valence-electron chi connectivity index (χ1n) is 8.57. The van der Waals surface area contributed by atoms with Gasteiger partial charge in [-0.1, -0.05) is 36.8 Å². The third-order valence-corrected chi connectivity index (χ3v) is 4.98. The Hall–Kier alpha value is -2.34. The molecule has 1 amide bonds. The van der Waals surface area contributed by atoms with Crippen LogP contribution >= 0.6 is 0 Å². The summed E-state index contributed by atoms with van der Waals surface area (Å²) in [5.74, 6) is -0.216. The van der Waals surface area contributed by atoms with Gasteiger partial charge in [-0.3, -0.25) is 9.52 Å². The number of rotatable bonds is 6. The van der Waals surface area contributed by atoms with Crippen molar-refractivity contribution in [3.63, 3.8) is 0 Å². The van der Waals surface area contributed by atoms with Crippen LogP contribution in [0, 0.1) is 20.8 Å². The molecule has 0 aliphatic rings. The molecule has 0 aromatic heterocycles. The highest BCUT2D eigenvalue weighted by atomic mass is 32.2. The van der Waals surface area contributed by atoms with E-state index in [4.69, 9.17) is 0 Å². The van der Waals surface area contributed by atoms with E-state index in [1.54, 1.807) is 25.1 Å². The summed E-state index contributed by atoms with van der Waals surface area (Å²) in [7, 11) is -3.40. The largest absolute Gasteiger partial charge is 0.345 e. The molecule has 0 saturated carbocycles. The molecule has 6 heteroatoms. The molecular weight excluding hydrogens is 348 g/mol. The molecule has 140 valence electrons. The van der Waals surface area contributed by atoms with Crippen molar-refractivity contribution >= 4 is 21.6 Å². The lowest BCUT2D eigenvalue weighted by Gasteiger charge is -2.21. The molecule has 5 nitrogen and oxygen atoms in total. The van der Waals surface area contributed by atoms with Crippen molar-refractivity contribution in [2.45, 2.75) is 40.2 Å². The summed E-state index contributed by atoms with van der Waals surface area (Å²) >= 11 is 0. The molecule has 0 unspecified atom stereocenters. The molecule has 26 heavy (non-hydrogen) atoms. The van der Waals surface area contributed by atoms with E-state index < -0.39 is 10.0 Å². The summed E-state index contributed by atoms with van der Waals surface area (Å²) in [6.07, 6.45) is 1.85. The van der Waals surface area contributed by atoms with E-state index in [-0.39, 0.29) is 11.9 Å². The van der Waals surface area contributed by atoms with Crippen LogP contribution in [0.15, 0.2) is 36.4 Å². The van der Waals surface area contributed by atoms with Crippen molar-refractivity contribution in [3.05, 3.63) is 64.2 Å². The highest BCUT2D eigenvalue weighted by Crippen LogP contribution is 2.24. The average molecular weight is 375 g/mol. The van der Waals surface area contributed by atoms with Crippen LogP contribution in [-0.2, 0) is 10.0 Å². The number of aryl methyl sites for hydroxylation is 2. The maximum absolute atomic E-state index is 12.8. The highest BCUT2D eigenvalue weighted by molar-refractivity contribution is 7.92. The molecule has 1 atom stereocenters. The molecule has 0 radical (unpaired) electrons. The van der Waals surface area contributed by atoms with Crippen LogP contribution in [0.1, 0.15) is 52.0 Å². The van der Waals surface area contributed by atoms with Crippen molar-refractivity contribution in [1.29, 1.82) is 0 Å². The maximum Gasteiger partial charge on any atom is 0.252 e. The SMILES string of the molecule is CC[C@H](NC(=O)c1cccc(NS(C)(=O)=O)c1C)c1ccc(C)cc1C. The first kappa shape index (κ1) is 20.0. The quantitative estimate of drug-likeness (QED) is 0.806. The number of anilines is 1. The van der Waals surface area contributed by atoms with Gasteiger partial charge in [0.05, 0.1) is 18.0 Å². The van der Waals surface area contributed by atoms with Gasteiger partial charge in [0.25, 0.3) is 5.91 Å². The Kier molecular flexibility index (Phi) is 6.08. The van der Waals surface area contributed by atoms with Crippen LogP contribution in [0.5, 0.6) is 0 Å². The fourth-order valence-corrected chi connectivity index (χ4v) is 3.66. The van der Waals surface area contributed by atoms with Crippen LogP contribution in [0.4, 0.5) is 5.69 Å². The summed E-state index contributed by atoms with van der Waals surface area (Å²) in [4.78, 5) is 12.8. The van der Waals surface area contributed by atoms with E-state index in [0.717, 1.165) is 23.8 Å². The summed E-state index contributed by atoms with van der Waals surface area (Å²) in [5, 5.41) is 3.07. The monoisotopic (exact) mass is 374 g/mol. The van der Waals surface area contributed by atoms with Crippen LogP contribution in [-0.4, -0.2) is 20.6 Å². The van der Waals surface area contributed by atoms with Gasteiger partial charge in [0.2, 0.25) is 10.0 Å². The number of carbonyl (C=O) groups excluding carboxylic acids is 1. The fourth-order valence-electron chi connectivity index (χ4n) is 3.04. The zero-order valence-corrected chi connectivity index (χ0v) is 16.7. The van der Waals surface area contributed by atoms with Crippen molar-refractivity contribution in [2.24, 2.45) is 0 Å². The number of benzene rings is 2. The fraction of sp³-hybridized carbons (Fsp3) is 0.350. The second-order valence-corrected chi connectivity index (χ2v) is 8.40. The molecule has 0 bridgehead atoms. The molecule has 0 fully saturated rings. The summed E-state index contributed by atoms with van der Waals surface area (Å²) in [5.41, 5.74) is 4.89. The predicted molar refractivity (Wildman–Crippen MR) is 106 cm³/mol. The highest BCUT2D eigenvalue weighted by Gasteiger charge is 2.18. The molecule has 2 aromatic carbocycles. The number of hydrogen-bond donors (Lipinski definition) is 2. The lowest BCUT2D eigenvalue weighted by Crippen LogP contribution is -2.29. The Bertz CT molecular complexity index is 921. The summed E-state index contributed by atoms with van der Waals surface area (Å²) < 4.78 is 25.4. The number of hydrogen-bond acceptors (Lipinski definition) is 3. The molecule has 0 aliphatic heterocycles. The van der Waals surface area contributed by atoms with Gasteiger partial charge in [0, 0.05) is 5.56 Å². The minimum atomic E-state index is -3.40. The lowest BCUT2D eigenvalue weighted by molar-refractivity contribution is 0.0935. The first-order valence-corrected chi connectivity index (χ1v) is 10.5. The van der Waals surface area contributed by atoms with Gasteiger partial charge in [0.15, 0.2) is 0 Å². The lowest BCUT2D eigenvalue weighted by atomic mass is 9.97. The van der Waals surface area contributed by atoms with Gasteiger partial charge in [0.1, 0.15) is 0 Å². The van der Waals surface area contributed by atoms with Crippen molar-refractivity contribution in [2.75, 3.05) is 11.0 Å². The smallest absolute Gasteiger partial charge is 0.252 e. The molecule has 0 spiro atoms. The molecule has 2 aromatic rings. The third kappa shape index (κ3) is 4.85. The molecule has 0 saturated heterocycles. The van der Waals surface area contributed by atoms with E-state index >= 15 is 0 Å². The number of amides is 1. The Morgan fingerprint density at radius 3 is 2.38 bits per heavy atom. The van der Waals surface area contributed by atoms with E-state index in [1.165, 1.54) is 5.56 Å². The van der Waals surface area contributed by atoms with Crippen LogP contribution in [0.3, 0.4) is 0 Å². The van der Waals surface area contributed by atoms with E-state index in [2.05, 4.69) is 16.1 Å². The predicted octanol–water partition coefficient (Wildman–Crippen LogP) is 3.86. The maximum atomic E-state index is 12.8. The van der Waals surface area contributed by atoms with Gasteiger partial charge in [-0.25, -0.2) is 8.42 Å². The zero-order valence-electron chi connectivity index (χ0n) is 15.9. The summed E-state index contributed by atoms with van der Waals surface area (Å²) in [6, 6.07) is 11.1. The number of sulfonamides is 1. The molecule has 0 heterocycles. The Morgan fingerprint density at radius 1 is 1.12 bits per heavy atom. The molecule has 0 aliphatic carbocycles. The van der Waals surface area contributed by atoms with Crippen molar-refractivity contribution in [3.8, 4) is 0 Å². The van der Waals surface area contributed by atoms with E-state index in [0.29, 0.717) is 16.8 Å². The number of carbonyl (C=O) groups is 1. The average Bonchev–Trinajstić information content (AvgIpc) is 2.53. The Balaban J connectivity index is 2.29. The third-order valence-electron chi connectivity index (χ3n) is 4.39. The molecule has 2 N–H and O–H groups in total. The van der Waals surface area contributed by atoms with Crippen LogP contribution < -0.4 is 10.0 Å². The molecular formula is C20H26N2O3S. The number of nitrogens with one attached hydrogen (secondary N) is 2. The van der Waals surface area contributed by atoms with E-state index in [9.17, 15) is 13.2 Å². The van der Waals surface area contributed by atoms with Gasteiger partial charge >= 0.3 is 0 Å². The Morgan fingerprint density at radius 2 is 1.81 bits per heavy atom. The standard InChI is InChI=1S/C20H26N2O3S/c1-6-18(16-11-10-13(2)12-14(16)3)21-20(23)17-8-7-9-19(15(17)4)22-26(5,24)25/h7-12,18,22H,6H2,1-5H3,(H,21,23)/t18-/m0/s1. The van der Waals surface area contributed by atoms with Gasteiger partial charge < -0.3 is 5.32 Å². The summed E-state index contributed by atoms with van der Waals surface area (Å²) in [6.45, 7) is 7.85. The minimum absolute atomic E-state index is 0.103. The van der Waals surface area contributed by atoms with Crippen molar-refractivity contribution in [1.82, 2.24) is 5.32 Å². The van der Waals surface area contributed by atoms with Crippen molar-refractivity contribution < 1.29 is 13.2 Å². The second kappa shape index (κ2) is 7.91. The van der Waals surface area contributed by atoms with E-state index in [1.807, 2.05) is 32.9 Å². The zero-order chi connectivity index (χ0) is 19.5. The van der Waals surface area contributed by atoms with Gasteiger partial charge in [-0.05, 0) is 56.0 Å². The van der Waals surface area contributed by atoms with Gasteiger partial charge in [-0.15, -0.1) is 0 Å². The minimum Gasteiger partial charge on any atom is -0.345 e. The normalized spacial score (nSPS) is 12.5. The first-order chi connectivity index (χ1) is 12.1. The molecule has 2 rings (SSSR count). The Labute approximate surface area is 155 Å².